The average Bonchev–Trinajstić information content (AvgIpc) is 2.58. The van der Waals surface area contributed by atoms with Gasteiger partial charge in [0.25, 0.3) is 0 Å². The van der Waals surface area contributed by atoms with Crippen molar-refractivity contribution in [3.63, 3.8) is 0 Å². The molecule has 2 rings (SSSR count). The van der Waals surface area contributed by atoms with Gasteiger partial charge in [-0.15, -0.1) is 0 Å². The lowest BCUT2D eigenvalue weighted by Gasteiger charge is -2.33. The molecule has 1 aromatic carbocycles. The molecule has 1 saturated heterocycles. The predicted octanol–water partition coefficient (Wildman–Crippen LogP) is 3.44. The number of anilines is 1. The second-order valence-electron chi connectivity index (χ2n) is 5.39. The summed E-state index contributed by atoms with van der Waals surface area (Å²) in [4.78, 5) is 17.3. The second-order valence-corrected chi connectivity index (χ2v) is 6.17. The highest BCUT2D eigenvalue weighted by Gasteiger charge is 2.22. The van der Waals surface area contributed by atoms with E-state index in [2.05, 4.69) is 9.79 Å². The summed E-state index contributed by atoms with van der Waals surface area (Å²) in [5.41, 5.74) is 0.976. The van der Waals surface area contributed by atoms with Crippen LogP contribution in [0.15, 0.2) is 18.2 Å². The first-order valence-corrected chi connectivity index (χ1v) is 8.46. The van der Waals surface area contributed by atoms with E-state index in [9.17, 15) is 10.1 Å². The first kappa shape index (κ1) is 17.8. The van der Waals surface area contributed by atoms with Crippen LogP contribution in [-0.2, 0) is 9.22 Å². The number of nitrogens with zero attached hydrogens (tertiary/aromatic N) is 2. The minimum atomic E-state index is -0.422. The highest BCUT2D eigenvalue weighted by atomic mass is 32.2. The molecular weight excluding hydrogens is 320 g/mol. The normalized spacial score (nSPS) is 15.7. The van der Waals surface area contributed by atoms with Crippen molar-refractivity contribution in [1.29, 1.82) is 0 Å². The van der Waals surface area contributed by atoms with E-state index in [4.69, 9.17) is 9.07 Å². The van der Waals surface area contributed by atoms with Gasteiger partial charge in [0.05, 0.1) is 19.1 Å². The van der Waals surface area contributed by atoms with Crippen LogP contribution in [0.2, 0.25) is 0 Å². The Morgan fingerprint density at radius 1 is 1.35 bits per heavy atom. The summed E-state index contributed by atoms with van der Waals surface area (Å²) in [6.07, 6.45) is 3.31. The average molecular weight is 342 g/mol. The molecular formula is C15H22N2O5S. The van der Waals surface area contributed by atoms with E-state index in [1.165, 1.54) is 32.3 Å². The van der Waals surface area contributed by atoms with E-state index < -0.39 is 4.92 Å². The first-order chi connectivity index (χ1) is 11.2. The zero-order valence-electron chi connectivity index (χ0n) is 13.4. The van der Waals surface area contributed by atoms with Crippen molar-refractivity contribution in [3.8, 4) is 5.75 Å². The highest BCUT2D eigenvalue weighted by molar-refractivity contribution is 7.94. The fraction of sp³-hybridized carbons (Fsp3) is 0.600. The summed E-state index contributed by atoms with van der Waals surface area (Å²) in [6.45, 7) is 1.89. The molecule has 1 aliphatic rings. The standard InChI is InChI=1S/C15H22N2O5S/c1-20-15-11-13(3-4-14(15)17(18)19)16-8-5-12(6-9-16)7-10-23-22-21-2/h3-4,11-12H,5-10H2,1-2H3. The van der Waals surface area contributed by atoms with Crippen LogP contribution < -0.4 is 9.64 Å². The molecule has 128 valence electrons. The minimum absolute atomic E-state index is 0.00121. The van der Waals surface area contributed by atoms with Crippen molar-refractivity contribution in [3.05, 3.63) is 28.3 Å². The number of methoxy groups -OCH3 is 1. The van der Waals surface area contributed by atoms with Gasteiger partial charge in [-0.05, 0) is 31.2 Å². The van der Waals surface area contributed by atoms with Crippen LogP contribution >= 0.6 is 12.0 Å². The van der Waals surface area contributed by atoms with Crippen molar-refractivity contribution < 1.29 is 18.9 Å². The molecule has 0 radical (unpaired) electrons. The maximum absolute atomic E-state index is 10.9. The molecule has 0 aliphatic carbocycles. The van der Waals surface area contributed by atoms with Crippen LogP contribution in [0.5, 0.6) is 5.75 Å². The molecule has 1 heterocycles. The number of ether oxygens (including phenoxy) is 1. The Balaban J connectivity index is 1.88. The van der Waals surface area contributed by atoms with Crippen LogP contribution in [-0.4, -0.2) is 38.0 Å². The maximum atomic E-state index is 10.9. The number of benzene rings is 1. The molecule has 0 saturated carbocycles. The SMILES string of the molecule is COOSCCC1CCN(c2ccc([N+](=O)[O-])c(OC)c2)CC1. The molecule has 0 atom stereocenters. The Morgan fingerprint density at radius 3 is 2.70 bits per heavy atom. The number of rotatable bonds is 8. The lowest BCUT2D eigenvalue weighted by atomic mass is 9.94. The van der Waals surface area contributed by atoms with Gasteiger partial charge in [0, 0.05) is 48.7 Å². The quantitative estimate of drug-likeness (QED) is 0.235. The monoisotopic (exact) mass is 342 g/mol. The summed E-state index contributed by atoms with van der Waals surface area (Å²) in [7, 11) is 2.96. The topological polar surface area (TPSA) is 74.1 Å². The Morgan fingerprint density at radius 2 is 2.09 bits per heavy atom. The van der Waals surface area contributed by atoms with E-state index in [1.54, 1.807) is 12.1 Å². The molecule has 1 aromatic rings. The van der Waals surface area contributed by atoms with E-state index in [1.807, 2.05) is 0 Å². The Kier molecular flexibility index (Phi) is 6.94. The third kappa shape index (κ3) is 4.98. The Hall–Kier alpha value is -1.51. The number of nitro groups is 1. The zero-order chi connectivity index (χ0) is 16.7. The first-order valence-electron chi connectivity index (χ1n) is 7.55. The molecule has 1 aliphatic heterocycles. The van der Waals surface area contributed by atoms with E-state index in [0.717, 1.165) is 43.8 Å². The Bertz CT molecular complexity index is 521. The molecule has 0 spiro atoms. The van der Waals surface area contributed by atoms with Gasteiger partial charge in [0.1, 0.15) is 0 Å². The van der Waals surface area contributed by atoms with E-state index >= 15 is 0 Å². The molecule has 0 bridgehead atoms. The van der Waals surface area contributed by atoms with Crippen molar-refractivity contribution >= 4 is 23.4 Å². The summed E-state index contributed by atoms with van der Waals surface area (Å²) in [5.74, 6) is 1.91. The van der Waals surface area contributed by atoms with Gasteiger partial charge in [0.2, 0.25) is 0 Å². The molecule has 7 nitrogen and oxygen atoms in total. The van der Waals surface area contributed by atoms with Crippen LogP contribution in [0.3, 0.4) is 0 Å². The molecule has 1 fully saturated rings. The van der Waals surface area contributed by atoms with Crippen LogP contribution in [0.4, 0.5) is 11.4 Å². The highest BCUT2D eigenvalue weighted by Crippen LogP contribution is 2.33. The van der Waals surface area contributed by atoms with Crippen LogP contribution in [0, 0.1) is 16.0 Å². The fourth-order valence-corrected chi connectivity index (χ4v) is 3.38. The number of hydrogen-bond donors (Lipinski definition) is 0. The van der Waals surface area contributed by atoms with Gasteiger partial charge >= 0.3 is 5.69 Å². The van der Waals surface area contributed by atoms with Crippen LogP contribution in [0.25, 0.3) is 0 Å². The molecule has 8 heteroatoms. The summed E-state index contributed by atoms with van der Waals surface area (Å²) >= 11 is 1.34. The molecule has 0 aromatic heterocycles. The number of piperidine rings is 1. The fourth-order valence-electron chi connectivity index (χ4n) is 2.79. The summed E-state index contributed by atoms with van der Waals surface area (Å²) < 4.78 is 9.95. The molecule has 0 unspecified atom stereocenters. The van der Waals surface area contributed by atoms with Gasteiger partial charge in [-0.2, -0.15) is 4.33 Å². The molecule has 0 amide bonds. The van der Waals surface area contributed by atoms with Crippen molar-refractivity contribution in [2.24, 2.45) is 5.92 Å². The lowest BCUT2D eigenvalue weighted by Crippen LogP contribution is -2.33. The zero-order valence-corrected chi connectivity index (χ0v) is 14.2. The smallest absolute Gasteiger partial charge is 0.311 e. The van der Waals surface area contributed by atoms with Gasteiger partial charge in [0.15, 0.2) is 5.75 Å². The van der Waals surface area contributed by atoms with Crippen LogP contribution in [0.1, 0.15) is 19.3 Å². The molecule has 0 N–H and O–H groups in total. The van der Waals surface area contributed by atoms with E-state index in [0.29, 0.717) is 11.7 Å². The molecule has 23 heavy (non-hydrogen) atoms. The van der Waals surface area contributed by atoms with Gasteiger partial charge in [-0.25, -0.2) is 4.89 Å². The third-order valence-corrected chi connectivity index (χ3v) is 4.70. The van der Waals surface area contributed by atoms with Crippen molar-refractivity contribution in [2.75, 3.05) is 38.0 Å². The van der Waals surface area contributed by atoms with Crippen molar-refractivity contribution in [2.45, 2.75) is 19.3 Å². The third-order valence-electron chi connectivity index (χ3n) is 4.07. The second kappa shape index (κ2) is 8.95. The largest absolute Gasteiger partial charge is 0.490 e. The van der Waals surface area contributed by atoms with Gasteiger partial charge < -0.3 is 9.64 Å². The maximum Gasteiger partial charge on any atom is 0.311 e. The lowest BCUT2D eigenvalue weighted by molar-refractivity contribution is -0.385. The van der Waals surface area contributed by atoms with E-state index in [-0.39, 0.29) is 5.69 Å². The number of hydrogen-bond acceptors (Lipinski definition) is 7. The van der Waals surface area contributed by atoms with Crippen molar-refractivity contribution in [1.82, 2.24) is 0 Å². The van der Waals surface area contributed by atoms with Gasteiger partial charge in [-0.3, -0.25) is 10.1 Å². The minimum Gasteiger partial charge on any atom is -0.490 e. The summed E-state index contributed by atoms with van der Waals surface area (Å²) in [6, 6.07) is 5.06. The van der Waals surface area contributed by atoms with Gasteiger partial charge in [-0.1, -0.05) is 0 Å². The predicted molar refractivity (Wildman–Crippen MR) is 89.8 cm³/mol. The summed E-state index contributed by atoms with van der Waals surface area (Å²) in [5, 5.41) is 10.9. The number of nitro benzene ring substituents is 1. The Labute approximate surface area is 140 Å².